The molecule has 0 heterocycles. The Balaban J connectivity index is 1.00. The number of hydrogen-bond acceptors (Lipinski definition) is 0. The second-order valence-corrected chi connectivity index (χ2v) is 18.5. The first-order valence-electron chi connectivity index (χ1n) is 22.3. The zero-order chi connectivity index (χ0) is 40.6. The van der Waals surface area contributed by atoms with E-state index in [2.05, 4.69) is 206 Å². The molecule has 0 saturated carbocycles. The zero-order valence-electron chi connectivity index (χ0n) is 34.5. The van der Waals surface area contributed by atoms with Crippen LogP contribution in [-0.2, 0) is 36.5 Å². The molecule has 14 rings (SSSR count). The van der Waals surface area contributed by atoms with Gasteiger partial charge in [-0.2, -0.15) is 0 Å². The van der Waals surface area contributed by atoms with E-state index in [0.717, 1.165) is 25.7 Å². The summed E-state index contributed by atoms with van der Waals surface area (Å²) in [6.07, 6.45) is 4.14. The summed E-state index contributed by atoms with van der Waals surface area (Å²) in [4.78, 5) is 0. The van der Waals surface area contributed by atoms with Crippen molar-refractivity contribution in [3.8, 4) is 55.6 Å². The van der Waals surface area contributed by atoms with Crippen molar-refractivity contribution < 1.29 is 0 Å². The third-order valence-corrected chi connectivity index (χ3v) is 15.4. The average molecular weight is 787 g/mol. The van der Waals surface area contributed by atoms with Crippen LogP contribution in [0.3, 0.4) is 0 Å². The van der Waals surface area contributed by atoms with Gasteiger partial charge in [-0.1, -0.05) is 170 Å². The third-order valence-electron chi connectivity index (χ3n) is 15.4. The van der Waals surface area contributed by atoms with E-state index in [9.17, 15) is 0 Å². The first kappa shape index (κ1) is 34.4. The Kier molecular flexibility index (Phi) is 7.02. The summed E-state index contributed by atoms with van der Waals surface area (Å²) in [5.41, 5.74) is 24.8. The summed E-state index contributed by atoms with van der Waals surface area (Å²) in [6.45, 7) is 0. The Morgan fingerprint density at radius 3 is 1.10 bits per heavy atom. The minimum Gasteiger partial charge on any atom is -0.0620 e. The molecule has 10 aromatic carbocycles. The van der Waals surface area contributed by atoms with E-state index < -0.39 is 0 Å². The first-order valence-corrected chi connectivity index (χ1v) is 22.3. The van der Waals surface area contributed by atoms with Crippen molar-refractivity contribution in [3.05, 3.63) is 251 Å². The molecule has 0 N–H and O–H groups in total. The lowest BCUT2D eigenvalue weighted by Crippen LogP contribution is -2.25. The van der Waals surface area contributed by atoms with E-state index in [1.54, 1.807) is 0 Å². The lowest BCUT2D eigenvalue weighted by molar-refractivity contribution is 0.564. The van der Waals surface area contributed by atoms with Crippen molar-refractivity contribution in [2.24, 2.45) is 0 Å². The summed E-state index contributed by atoms with van der Waals surface area (Å²) < 4.78 is 0. The quantitative estimate of drug-likeness (QED) is 0.157. The zero-order valence-corrected chi connectivity index (χ0v) is 34.5. The molecule has 0 saturated heterocycles. The maximum Gasteiger partial charge on any atom is 0.0296 e. The van der Waals surface area contributed by atoms with Gasteiger partial charge in [-0.15, -0.1) is 0 Å². The molecule has 0 nitrogen and oxygen atoms in total. The van der Waals surface area contributed by atoms with Gasteiger partial charge in [0.1, 0.15) is 0 Å². The fraction of sp³-hybridized carbons (Fsp3) is 0.0968. The second kappa shape index (κ2) is 12.6. The molecular weight excluding hydrogens is 745 g/mol. The lowest BCUT2D eigenvalue weighted by Gasteiger charge is -2.27. The summed E-state index contributed by atoms with van der Waals surface area (Å²) in [5, 5.41) is 5.11. The molecule has 290 valence electrons. The normalized spacial score (nSPS) is 15.4. The van der Waals surface area contributed by atoms with Crippen LogP contribution in [0.5, 0.6) is 0 Å². The van der Waals surface area contributed by atoms with Gasteiger partial charge < -0.3 is 0 Å². The van der Waals surface area contributed by atoms with Crippen LogP contribution in [0.2, 0.25) is 0 Å². The SMILES string of the molecule is c1ccc2c(c1)CC1(C2)c2ccccc2-c2ccc(-c3cc(-c4ccc5c(c4)C4(Cc6ccccc6C4)c4ccccc4-5)cc(-c4c5ccccc5cc5ccccc45)c3)cc21. The summed E-state index contributed by atoms with van der Waals surface area (Å²) in [5.74, 6) is 0. The Morgan fingerprint density at radius 1 is 0.258 bits per heavy atom. The van der Waals surface area contributed by atoms with Gasteiger partial charge in [0.15, 0.2) is 0 Å². The maximum absolute atomic E-state index is 2.56. The maximum atomic E-state index is 2.56. The van der Waals surface area contributed by atoms with Gasteiger partial charge in [0.05, 0.1) is 0 Å². The molecule has 62 heavy (non-hydrogen) atoms. The molecule has 0 fully saturated rings. The van der Waals surface area contributed by atoms with Crippen molar-refractivity contribution in [2.45, 2.75) is 36.5 Å². The molecule has 4 aliphatic carbocycles. The highest BCUT2D eigenvalue weighted by molar-refractivity contribution is 6.13. The third kappa shape index (κ3) is 4.73. The van der Waals surface area contributed by atoms with E-state index >= 15 is 0 Å². The van der Waals surface area contributed by atoms with E-state index in [1.165, 1.54) is 122 Å². The predicted molar refractivity (Wildman–Crippen MR) is 258 cm³/mol. The van der Waals surface area contributed by atoms with Gasteiger partial charge in [0, 0.05) is 10.8 Å². The Bertz CT molecular complexity index is 3270. The summed E-state index contributed by atoms with van der Waals surface area (Å²) in [6, 6.07) is 79.1. The number of rotatable bonds is 3. The van der Waals surface area contributed by atoms with Crippen molar-refractivity contribution in [2.75, 3.05) is 0 Å². The smallest absolute Gasteiger partial charge is 0.0296 e. The van der Waals surface area contributed by atoms with Crippen molar-refractivity contribution >= 4 is 21.5 Å². The van der Waals surface area contributed by atoms with Crippen molar-refractivity contribution in [3.63, 3.8) is 0 Å². The first-order chi connectivity index (χ1) is 30.6. The molecule has 0 bridgehead atoms. The number of hydrogen-bond donors (Lipinski definition) is 0. The fourth-order valence-electron chi connectivity index (χ4n) is 12.7. The standard InChI is InChI=1S/C62H42/c1-2-16-44-36-61(35-43(44)15-1)56-23-11-9-21-52(56)54-27-25-39(33-58(54)61)47-30-48(32-49(31-47)60-50-19-7-5-13-41(50)29-42-14-6-8-20-51(42)60)40-26-28-55-53-22-10-12-24-57(53)62(59(55)34-40)37-45-17-3-4-18-46(45)38-62/h1-34H,35-38H2. The molecular formula is C62H42. The predicted octanol–water partition coefficient (Wildman–Crippen LogP) is 15.1. The highest BCUT2D eigenvalue weighted by atomic mass is 14.5. The van der Waals surface area contributed by atoms with Crippen LogP contribution in [0.4, 0.5) is 0 Å². The lowest BCUT2D eigenvalue weighted by atomic mass is 9.75. The van der Waals surface area contributed by atoms with E-state index in [4.69, 9.17) is 0 Å². The highest BCUT2D eigenvalue weighted by Gasteiger charge is 2.48. The van der Waals surface area contributed by atoms with E-state index in [1.807, 2.05) is 0 Å². The van der Waals surface area contributed by atoms with E-state index in [-0.39, 0.29) is 10.8 Å². The molecule has 0 amide bonds. The van der Waals surface area contributed by atoms with Crippen LogP contribution >= 0.6 is 0 Å². The molecule has 0 aromatic heterocycles. The van der Waals surface area contributed by atoms with Gasteiger partial charge >= 0.3 is 0 Å². The van der Waals surface area contributed by atoms with Crippen LogP contribution in [0, 0.1) is 0 Å². The summed E-state index contributed by atoms with van der Waals surface area (Å²) in [7, 11) is 0. The number of benzene rings is 10. The topological polar surface area (TPSA) is 0 Å². The van der Waals surface area contributed by atoms with Crippen molar-refractivity contribution in [1.29, 1.82) is 0 Å². The monoisotopic (exact) mass is 786 g/mol. The fourth-order valence-corrected chi connectivity index (χ4v) is 12.7. The molecule has 0 radical (unpaired) electrons. The van der Waals surface area contributed by atoms with Gasteiger partial charge in [-0.25, -0.2) is 0 Å². The van der Waals surface area contributed by atoms with Crippen LogP contribution < -0.4 is 0 Å². The molecule has 4 aliphatic rings. The van der Waals surface area contributed by atoms with Crippen LogP contribution in [0.25, 0.3) is 77.2 Å². The van der Waals surface area contributed by atoms with Gasteiger partial charge in [0.25, 0.3) is 0 Å². The highest BCUT2D eigenvalue weighted by Crippen LogP contribution is 2.58. The minimum atomic E-state index is -0.0694. The van der Waals surface area contributed by atoms with Gasteiger partial charge in [-0.05, 0) is 184 Å². The minimum absolute atomic E-state index is 0.0694. The molecule has 0 unspecified atom stereocenters. The van der Waals surface area contributed by atoms with Crippen LogP contribution in [0.1, 0.15) is 44.5 Å². The Hall–Kier alpha value is -7.28. The van der Waals surface area contributed by atoms with E-state index in [0.29, 0.717) is 0 Å². The second-order valence-electron chi connectivity index (χ2n) is 18.5. The Labute approximate surface area is 362 Å². The van der Waals surface area contributed by atoms with Crippen molar-refractivity contribution in [1.82, 2.24) is 0 Å². The molecule has 0 aliphatic heterocycles. The van der Waals surface area contributed by atoms with Gasteiger partial charge in [-0.3, -0.25) is 0 Å². The molecule has 2 spiro atoms. The molecule has 0 heteroatoms. The van der Waals surface area contributed by atoms with Crippen LogP contribution in [-0.4, -0.2) is 0 Å². The van der Waals surface area contributed by atoms with Gasteiger partial charge in [0.2, 0.25) is 0 Å². The van der Waals surface area contributed by atoms with Crippen LogP contribution in [0.15, 0.2) is 206 Å². The average Bonchev–Trinajstić information content (AvgIpc) is 4.06. The molecule has 10 aromatic rings. The molecule has 0 atom stereocenters. The number of fused-ring (bicyclic) bond motifs is 14. The summed E-state index contributed by atoms with van der Waals surface area (Å²) >= 11 is 0. The largest absolute Gasteiger partial charge is 0.0620 e. The Morgan fingerprint density at radius 2 is 0.629 bits per heavy atom.